The first kappa shape index (κ1) is 15.0. The Bertz CT molecular complexity index is 945. The monoisotopic (exact) mass is 310 g/mol. The van der Waals surface area contributed by atoms with E-state index in [1.165, 1.54) is 0 Å². The van der Waals surface area contributed by atoms with Gasteiger partial charge in [-0.2, -0.15) is 0 Å². The zero-order valence-corrected chi connectivity index (χ0v) is 13.3. The highest BCUT2D eigenvalue weighted by molar-refractivity contribution is 5.89. The van der Waals surface area contributed by atoms with Crippen LogP contribution in [0.5, 0.6) is 11.5 Å². The summed E-state index contributed by atoms with van der Waals surface area (Å²) in [7, 11) is 4.98. The number of pyridine rings is 1. The van der Waals surface area contributed by atoms with Crippen molar-refractivity contribution >= 4 is 16.7 Å². The molecule has 1 heterocycles. The molecule has 0 radical (unpaired) electrons. The summed E-state index contributed by atoms with van der Waals surface area (Å²) in [6.07, 6.45) is 0. The molecule has 1 aromatic heterocycles. The fourth-order valence-electron chi connectivity index (χ4n) is 2.78. The van der Waals surface area contributed by atoms with Gasteiger partial charge in [0.15, 0.2) is 16.9 Å². The first-order valence-corrected chi connectivity index (χ1v) is 7.18. The summed E-state index contributed by atoms with van der Waals surface area (Å²) in [6.45, 7) is 0. The molecule has 2 N–H and O–H groups in total. The van der Waals surface area contributed by atoms with E-state index in [2.05, 4.69) is 0 Å². The third-order valence-corrected chi connectivity index (χ3v) is 4.03. The Labute approximate surface area is 133 Å². The summed E-state index contributed by atoms with van der Waals surface area (Å²) in [5, 5.41) is 0.633. The number of nitrogens with zero attached hydrogens (tertiary/aromatic N) is 1. The lowest BCUT2D eigenvalue weighted by Crippen LogP contribution is -2.15. The number of nitrogen functional groups attached to an aromatic ring is 1. The molecule has 0 saturated carbocycles. The smallest absolute Gasteiger partial charge is 0.199 e. The largest absolute Gasteiger partial charge is 0.493 e. The van der Waals surface area contributed by atoms with Crippen LogP contribution in [0.2, 0.25) is 0 Å². The second kappa shape index (κ2) is 5.68. The standard InChI is InChI=1S/C18H18N2O3/c1-20-13-7-5-4-6-12(13)17(21)16(18(20)19)11-8-9-14(22-2)15(10-11)23-3/h4-10H,19H2,1-3H3. The molecule has 23 heavy (non-hydrogen) atoms. The molecule has 118 valence electrons. The molecule has 3 aromatic rings. The molecule has 0 atom stereocenters. The Balaban J connectivity index is 2.35. The molecule has 0 saturated heterocycles. The molecule has 5 heteroatoms. The van der Waals surface area contributed by atoms with E-state index in [0.717, 1.165) is 5.52 Å². The topological polar surface area (TPSA) is 66.5 Å². The van der Waals surface area contributed by atoms with Crippen LogP contribution in [0, 0.1) is 0 Å². The molecule has 0 fully saturated rings. The number of fused-ring (bicyclic) bond motifs is 1. The first-order valence-electron chi connectivity index (χ1n) is 7.18. The average Bonchev–Trinajstić information content (AvgIpc) is 2.59. The molecular formula is C18H18N2O3. The molecule has 0 aliphatic heterocycles. The summed E-state index contributed by atoms with van der Waals surface area (Å²) in [6, 6.07) is 12.8. The highest BCUT2D eigenvalue weighted by Gasteiger charge is 2.16. The summed E-state index contributed by atoms with van der Waals surface area (Å²) in [4.78, 5) is 12.9. The van der Waals surface area contributed by atoms with E-state index in [1.807, 2.05) is 35.9 Å². The lowest BCUT2D eigenvalue weighted by atomic mass is 10.0. The number of rotatable bonds is 3. The van der Waals surface area contributed by atoms with E-state index in [0.29, 0.717) is 33.8 Å². The Hall–Kier alpha value is -2.95. The van der Waals surface area contributed by atoms with E-state index in [9.17, 15) is 4.79 Å². The number of methoxy groups -OCH3 is 2. The maximum atomic E-state index is 12.9. The normalized spacial score (nSPS) is 10.7. The Kier molecular flexibility index (Phi) is 3.70. The fraction of sp³-hybridized carbons (Fsp3) is 0.167. The summed E-state index contributed by atoms with van der Waals surface area (Å²) < 4.78 is 12.4. The quantitative estimate of drug-likeness (QED) is 0.808. The van der Waals surface area contributed by atoms with Crippen molar-refractivity contribution in [2.45, 2.75) is 0 Å². The number of anilines is 1. The van der Waals surface area contributed by atoms with Gasteiger partial charge in [-0.05, 0) is 29.8 Å². The van der Waals surface area contributed by atoms with Crippen LogP contribution in [0.1, 0.15) is 0 Å². The third kappa shape index (κ3) is 2.30. The number of aromatic nitrogens is 1. The number of nitrogens with two attached hydrogens (primary N) is 1. The predicted molar refractivity (Wildman–Crippen MR) is 92.1 cm³/mol. The van der Waals surface area contributed by atoms with Gasteiger partial charge in [0.25, 0.3) is 0 Å². The summed E-state index contributed by atoms with van der Waals surface area (Å²) in [5.74, 6) is 1.58. The number of benzene rings is 2. The number of hydrogen-bond acceptors (Lipinski definition) is 4. The lowest BCUT2D eigenvalue weighted by Gasteiger charge is -2.15. The van der Waals surface area contributed by atoms with Gasteiger partial charge in [-0.15, -0.1) is 0 Å². The van der Waals surface area contributed by atoms with Crippen molar-refractivity contribution in [3.8, 4) is 22.6 Å². The molecule has 2 aromatic carbocycles. The van der Waals surface area contributed by atoms with Crippen LogP contribution in [0.4, 0.5) is 5.82 Å². The minimum absolute atomic E-state index is 0.0941. The van der Waals surface area contributed by atoms with Crippen molar-refractivity contribution in [2.75, 3.05) is 20.0 Å². The van der Waals surface area contributed by atoms with E-state index in [-0.39, 0.29) is 5.43 Å². The maximum absolute atomic E-state index is 12.9. The highest BCUT2D eigenvalue weighted by atomic mass is 16.5. The highest BCUT2D eigenvalue weighted by Crippen LogP contribution is 2.33. The van der Waals surface area contributed by atoms with Gasteiger partial charge in [-0.25, -0.2) is 0 Å². The molecule has 0 aliphatic rings. The second-order valence-corrected chi connectivity index (χ2v) is 5.24. The molecule has 0 aliphatic carbocycles. The van der Waals surface area contributed by atoms with Crippen LogP contribution in [-0.2, 0) is 7.05 Å². The Morgan fingerprint density at radius 2 is 1.70 bits per heavy atom. The lowest BCUT2D eigenvalue weighted by molar-refractivity contribution is 0.355. The molecule has 0 unspecified atom stereocenters. The van der Waals surface area contributed by atoms with E-state index < -0.39 is 0 Å². The van der Waals surface area contributed by atoms with Gasteiger partial charge in [-0.3, -0.25) is 4.79 Å². The van der Waals surface area contributed by atoms with E-state index in [4.69, 9.17) is 15.2 Å². The molecule has 5 nitrogen and oxygen atoms in total. The van der Waals surface area contributed by atoms with Crippen LogP contribution in [0.15, 0.2) is 47.3 Å². The van der Waals surface area contributed by atoms with E-state index in [1.54, 1.807) is 32.4 Å². The molecule has 0 spiro atoms. The predicted octanol–water partition coefficient (Wildman–Crippen LogP) is 2.80. The average molecular weight is 310 g/mol. The van der Waals surface area contributed by atoms with Crippen molar-refractivity contribution in [1.82, 2.24) is 4.57 Å². The van der Waals surface area contributed by atoms with Gasteiger partial charge in [0, 0.05) is 12.4 Å². The minimum Gasteiger partial charge on any atom is -0.493 e. The molecule has 0 bridgehead atoms. The molecular weight excluding hydrogens is 292 g/mol. The first-order chi connectivity index (χ1) is 11.1. The van der Waals surface area contributed by atoms with Crippen molar-refractivity contribution < 1.29 is 9.47 Å². The number of hydrogen-bond donors (Lipinski definition) is 1. The van der Waals surface area contributed by atoms with Crippen molar-refractivity contribution in [3.05, 3.63) is 52.7 Å². The summed E-state index contributed by atoms with van der Waals surface area (Å²) in [5.41, 5.74) is 8.11. The van der Waals surface area contributed by atoms with Crippen LogP contribution < -0.4 is 20.6 Å². The van der Waals surface area contributed by atoms with Crippen molar-refractivity contribution in [2.24, 2.45) is 7.05 Å². The molecule has 3 rings (SSSR count). The second-order valence-electron chi connectivity index (χ2n) is 5.24. The van der Waals surface area contributed by atoms with Crippen LogP contribution in [-0.4, -0.2) is 18.8 Å². The number of aryl methyl sites for hydroxylation is 1. The maximum Gasteiger partial charge on any atom is 0.199 e. The summed E-state index contributed by atoms with van der Waals surface area (Å²) >= 11 is 0. The van der Waals surface area contributed by atoms with Gasteiger partial charge in [0.1, 0.15) is 5.82 Å². The third-order valence-electron chi connectivity index (χ3n) is 4.03. The minimum atomic E-state index is -0.0941. The number of para-hydroxylation sites is 1. The Morgan fingerprint density at radius 3 is 2.39 bits per heavy atom. The zero-order chi connectivity index (χ0) is 16.6. The van der Waals surface area contributed by atoms with Crippen molar-refractivity contribution in [1.29, 1.82) is 0 Å². The van der Waals surface area contributed by atoms with Gasteiger partial charge in [0.2, 0.25) is 0 Å². The van der Waals surface area contributed by atoms with Gasteiger partial charge in [-0.1, -0.05) is 18.2 Å². The van der Waals surface area contributed by atoms with E-state index >= 15 is 0 Å². The van der Waals surface area contributed by atoms with Gasteiger partial charge in [0.05, 0.1) is 25.3 Å². The molecule has 0 amide bonds. The zero-order valence-electron chi connectivity index (χ0n) is 13.3. The van der Waals surface area contributed by atoms with Crippen LogP contribution in [0.3, 0.4) is 0 Å². The van der Waals surface area contributed by atoms with Gasteiger partial charge >= 0.3 is 0 Å². The van der Waals surface area contributed by atoms with Crippen LogP contribution >= 0.6 is 0 Å². The van der Waals surface area contributed by atoms with Crippen LogP contribution in [0.25, 0.3) is 22.0 Å². The van der Waals surface area contributed by atoms with Crippen molar-refractivity contribution in [3.63, 3.8) is 0 Å². The van der Waals surface area contributed by atoms with Gasteiger partial charge < -0.3 is 19.8 Å². The Morgan fingerprint density at radius 1 is 1.00 bits per heavy atom. The fourth-order valence-corrected chi connectivity index (χ4v) is 2.78. The SMILES string of the molecule is COc1ccc(-c2c(N)n(C)c3ccccc3c2=O)cc1OC. The number of ether oxygens (including phenoxy) is 2.